The van der Waals surface area contributed by atoms with Gasteiger partial charge in [0.2, 0.25) is 0 Å². The van der Waals surface area contributed by atoms with Crippen LogP contribution >= 0.6 is 0 Å². The predicted molar refractivity (Wildman–Crippen MR) is 74.3 cm³/mol. The van der Waals surface area contributed by atoms with Crippen molar-refractivity contribution in [3.05, 3.63) is 0 Å². The SMILES string of the molecule is CC1CCC(CNCCCN2CCCC2)CC1. The fourth-order valence-corrected chi connectivity index (χ4v) is 3.27. The van der Waals surface area contributed by atoms with Gasteiger partial charge in [-0.1, -0.05) is 19.8 Å². The second-order valence-electron chi connectivity index (χ2n) is 6.23. The molecule has 1 N–H and O–H groups in total. The Morgan fingerprint density at radius 3 is 2.47 bits per heavy atom. The maximum atomic E-state index is 3.67. The lowest BCUT2D eigenvalue weighted by atomic mass is 9.83. The largest absolute Gasteiger partial charge is 0.316 e. The van der Waals surface area contributed by atoms with Crippen LogP contribution in [0, 0.1) is 11.8 Å². The number of likely N-dealkylation sites (tertiary alicyclic amines) is 1. The minimum Gasteiger partial charge on any atom is -0.316 e. The van der Waals surface area contributed by atoms with E-state index in [1.54, 1.807) is 0 Å². The second kappa shape index (κ2) is 7.38. The highest BCUT2D eigenvalue weighted by Crippen LogP contribution is 2.27. The molecule has 1 saturated heterocycles. The van der Waals surface area contributed by atoms with E-state index in [0.29, 0.717) is 0 Å². The van der Waals surface area contributed by atoms with Crippen LogP contribution in [-0.4, -0.2) is 37.6 Å². The Labute approximate surface area is 107 Å². The van der Waals surface area contributed by atoms with Gasteiger partial charge in [0, 0.05) is 0 Å². The molecule has 0 aromatic heterocycles. The molecule has 0 spiro atoms. The summed E-state index contributed by atoms with van der Waals surface area (Å²) in [6.07, 6.45) is 10.0. The fourth-order valence-electron chi connectivity index (χ4n) is 3.27. The predicted octanol–water partition coefficient (Wildman–Crippen LogP) is 2.89. The van der Waals surface area contributed by atoms with Gasteiger partial charge in [-0.05, 0) is 76.7 Å². The van der Waals surface area contributed by atoms with E-state index in [1.807, 2.05) is 0 Å². The van der Waals surface area contributed by atoms with Crippen molar-refractivity contribution in [1.82, 2.24) is 10.2 Å². The van der Waals surface area contributed by atoms with Crippen LogP contribution in [0.3, 0.4) is 0 Å². The number of hydrogen-bond donors (Lipinski definition) is 1. The molecular formula is C15H30N2. The summed E-state index contributed by atoms with van der Waals surface area (Å²) in [6, 6.07) is 0. The van der Waals surface area contributed by atoms with Gasteiger partial charge >= 0.3 is 0 Å². The van der Waals surface area contributed by atoms with Gasteiger partial charge < -0.3 is 10.2 Å². The Morgan fingerprint density at radius 2 is 1.76 bits per heavy atom. The summed E-state index contributed by atoms with van der Waals surface area (Å²) in [5.41, 5.74) is 0. The van der Waals surface area contributed by atoms with Gasteiger partial charge in [0.05, 0.1) is 0 Å². The Hall–Kier alpha value is -0.0800. The highest BCUT2D eigenvalue weighted by Gasteiger charge is 2.17. The van der Waals surface area contributed by atoms with Crippen LogP contribution in [0.25, 0.3) is 0 Å². The van der Waals surface area contributed by atoms with Crippen LogP contribution < -0.4 is 5.32 Å². The molecule has 1 saturated carbocycles. The highest BCUT2D eigenvalue weighted by atomic mass is 15.1. The zero-order valence-electron chi connectivity index (χ0n) is 11.6. The number of hydrogen-bond acceptors (Lipinski definition) is 2. The van der Waals surface area contributed by atoms with E-state index in [-0.39, 0.29) is 0 Å². The van der Waals surface area contributed by atoms with Gasteiger partial charge in [0.15, 0.2) is 0 Å². The first-order valence-corrected chi connectivity index (χ1v) is 7.77. The van der Waals surface area contributed by atoms with Crippen LogP contribution in [0.5, 0.6) is 0 Å². The van der Waals surface area contributed by atoms with E-state index in [0.717, 1.165) is 11.8 Å². The van der Waals surface area contributed by atoms with Gasteiger partial charge in [-0.3, -0.25) is 0 Å². The molecule has 0 bridgehead atoms. The topological polar surface area (TPSA) is 15.3 Å². The molecular weight excluding hydrogens is 208 g/mol. The molecule has 1 aliphatic carbocycles. The highest BCUT2D eigenvalue weighted by molar-refractivity contribution is 4.72. The Kier molecular flexibility index (Phi) is 5.79. The fraction of sp³-hybridized carbons (Fsp3) is 1.00. The molecule has 2 fully saturated rings. The quantitative estimate of drug-likeness (QED) is 0.716. The molecule has 0 amide bonds. The molecule has 2 rings (SSSR count). The molecule has 0 unspecified atom stereocenters. The summed E-state index contributed by atoms with van der Waals surface area (Å²) in [4.78, 5) is 2.62. The third-order valence-corrected chi connectivity index (χ3v) is 4.60. The van der Waals surface area contributed by atoms with Crippen LogP contribution in [0.2, 0.25) is 0 Å². The normalized spacial score (nSPS) is 30.9. The van der Waals surface area contributed by atoms with Crippen molar-refractivity contribution in [2.24, 2.45) is 11.8 Å². The summed E-state index contributed by atoms with van der Waals surface area (Å²) >= 11 is 0. The molecule has 1 heterocycles. The summed E-state index contributed by atoms with van der Waals surface area (Å²) in [5.74, 6) is 1.96. The average Bonchev–Trinajstić information content (AvgIpc) is 2.84. The molecule has 2 aliphatic rings. The Balaban J connectivity index is 1.43. The zero-order chi connectivity index (χ0) is 11.9. The first kappa shape index (κ1) is 13.4. The Bertz CT molecular complexity index is 191. The summed E-state index contributed by atoms with van der Waals surface area (Å²) in [6.45, 7) is 8.91. The third kappa shape index (κ3) is 4.97. The minimum absolute atomic E-state index is 0.970. The van der Waals surface area contributed by atoms with Crippen molar-refractivity contribution < 1.29 is 0 Å². The van der Waals surface area contributed by atoms with Crippen molar-refractivity contribution in [3.63, 3.8) is 0 Å². The van der Waals surface area contributed by atoms with E-state index >= 15 is 0 Å². The monoisotopic (exact) mass is 238 g/mol. The first-order valence-electron chi connectivity index (χ1n) is 7.77. The van der Waals surface area contributed by atoms with Crippen molar-refractivity contribution in [2.45, 2.75) is 51.9 Å². The van der Waals surface area contributed by atoms with Crippen LogP contribution in [0.1, 0.15) is 51.9 Å². The minimum atomic E-state index is 0.970. The smallest absolute Gasteiger partial charge is 0.000664 e. The molecule has 2 nitrogen and oxygen atoms in total. The molecule has 1 aliphatic heterocycles. The standard InChI is InChI=1S/C15H30N2/c1-14-5-7-15(8-6-14)13-16-9-4-12-17-10-2-3-11-17/h14-16H,2-13H2,1H3. The number of rotatable bonds is 6. The van der Waals surface area contributed by atoms with Gasteiger partial charge in [-0.25, -0.2) is 0 Å². The van der Waals surface area contributed by atoms with Crippen molar-refractivity contribution >= 4 is 0 Å². The van der Waals surface area contributed by atoms with Crippen LogP contribution in [0.15, 0.2) is 0 Å². The van der Waals surface area contributed by atoms with E-state index in [4.69, 9.17) is 0 Å². The van der Waals surface area contributed by atoms with Gasteiger partial charge in [0.1, 0.15) is 0 Å². The molecule has 17 heavy (non-hydrogen) atoms. The third-order valence-electron chi connectivity index (χ3n) is 4.60. The van der Waals surface area contributed by atoms with Crippen molar-refractivity contribution in [1.29, 1.82) is 0 Å². The van der Waals surface area contributed by atoms with Gasteiger partial charge in [0.25, 0.3) is 0 Å². The molecule has 0 atom stereocenters. The number of nitrogens with zero attached hydrogens (tertiary/aromatic N) is 1. The molecule has 0 radical (unpaired) electrons. The van der Waals surface area contributed by atoms with E-state index in [2.05, 4.69) is 17.1 Å². The summed E-state index contributed by atoms with van der Waals surface area (Å²) < 4.78 is 0. The van der Waals surface area contributed by atoms with E-state index in [1.165, 1.54) is 77.7 Å². The van der Waals surface area contributed by atoms with Crippen molar-refractivity contribution in [3.8, 4) is 0 Å². The molecule has 0 aromatic carbocycles. The lowest BCUT2D eigenvalue weighted by Gasteiger charge is -2.26. The zero-order valence-corrected chi connectivity index (χ0v) is 11.6. The van der Waals surface area contributed by atoms with Crippen LogP contribution in [0.4, 0.5) is 0 Å². The lowest BCUT2D eigenvalue weighted by molar-refractivity contribution is 0.278. The first-order chi connectivity index (χ1) is 8.34. The maximum absolute atomic E-state index is 3.67. The van der Waals surface area contributed by atoms with E-state index in [9.17, 15) is 0 Å². The second-order valence-corrected chi connectivity index (χ2v) is 6.23. The molecule has 0 aromatic rings. The molecule has 100 valence electrons. The Morgan fingerprint density at radius 1 is 1.06 bits per heavy atom. The summed E-state index contributed by atoms with van der Waals surface area (Å²) in [7, 11) is 0. The molecule has 2 heteroatoms. The van der Waals surface area contributed by atoms with Crippen LogP contribution in [-0.2, 0) is 0 Å². The van der Waals surface area contributed by atoms with Gasteiger partial charge in [-0.2, -0.15) is 0 Å². The summed E-state index contributed by atoms with van der Waals surface area (Å²) in [5, 5.41) is 3.67. The van der Waals surface area contributed by atoms with Crippen molar-refractivity contribution in [2.75, 3.05) is 32.7 Å². The number of nitrogens with one attached hydrogen (secondary N) is 1. The average molecular weight is 238 g/mol. The lowest BCUT2D eigenvalue weighted by Crippen LogP contribution is -2.29. The maximum Gasteiger partial charge on any atom is -0.000664 e. The van der Waals surface area contributed by atoms with Gasteiger partial charge in [-0.15, -0.1) is 0 Å². The van der Waals surface area contributed by atoms with E-state index < -0.39 is 0 Å².